The van der Waals surface area contributed by atoms with E-state index >= 15 is 0 Å². The van der Waals surface area contributed by atoms with Gasteiger partial charge < -0.3 is 14.2 Å². The molecule has 564 valence electrons. The molecule has 0 aliphatic carbocycles. The highest BCUT2D eigenvalue weighted by atomic mass is 16.3. The molecule has 120 heavy (non-hydrogen) atoms. The number of nitrogens with one attached hydrogen (secondary N) is 1. The number of fused-ring (bicyclic) bond motifs is 8. The Hall–Kier alpha value is -16.0. The second-order valence-electron chi connectivity index (χ2n) is 30.4. The molecule has 0 radical (unpaired) electrons. The average Bonchev–Trinajstić information content (AvgIpc) is 1.61. The van der Waals surface area contributed by atoms with Gasteiger partial charge in [0.15, 0.2) is 11.7 Å². The van der Waals surface area contributed by atoms with Crippen LogP contribution in [0.5, 0.6) is 0 Å². The van der Waals surface area contributed by atoms with Crippen LogP contribution in [0, 0.1) is 0 Å². The Morgan fingerprint density at radius 3 is 1.35 bits per heavy atom. The van der Waals surface area contributed by atoms with Crippen molar-refractivity contribution in [2.45, 2.75) is 6.17 Å². The van der Waals surface area contributed by atoms with Crippen molar-refractivity contribution in [3.63, 3.8) is 0 Å². The van der Waals surface area contributed by atoms with Crippen molar-refractivity contribution < 1.29 is 8.83 Å². The molecule has 2 aromatic heterocycles. The van der Waals surface area contributed by atoms with E-state index in [0.717, 1.165) is 194 Å². The van der Waals surface area contributed by atoms with Crippen molar-refractivity contribution in [1.29, 1.82) is 0 Å². The van der Waals surface area contributed by atoms with E-state index in [1.807, 2.05) is 42.5 Å². The second-order valence-corrected chi connectivity index (χ2v) is 30.4. The molecule has 0 saturated heterocycles. The Labute approximate surface area is 695 Å². The first-order valence-corrected chi connectivity index (χ1v) is 40.5. The summed E-state index contributed by atoms with van der Waals surface area (Å²) in [6, 6.07) is 146. The van der Waals surface area contributed by atoms with Crippen molar-refractivity contribution in [3.8, 4) is 100 Å². The molecule has 0 fully saturated rings. The molecule has 0 amide bonds. The van der Waals surface area contributed by atoms with Crippen molar-refractivity contribution in [3.05, 3.63) is 465 Å². The van der Waals surface area contributed by atoms with Gasteiger partial charge in [-0.2, -0.15) is 0 Å². The lowest BCUT2D eigenvalue weighted by Gasteiger charge is -2.25. The van der Waals surface area contributed by atoms with Crippen LogP contribution < -0.4 is 5.32 Å². The molecule has 20 aromatic rings. The first kappa shape index (κ1) is 71.8. The minimum absolute atomic E-state index is 0.496. The van der Waals surface area contributed by atoms with Crippen LogP contribution in [-0.2, 0) is 0 Å². The Bertz CT molecular complexity index is 7510. The fraction of sp³-hybridized carbons (Fsp3) is 0.00885. The van der Waals surface area contributed by atoms with Crippen LogP contribution in [0.25, 0.3) is 171 Å². The summed E-state index contributed by atoms with van der Waals surface area (Å²) in [5.41, 5.74) is 29.7. The third kappa shape index (κ3) is 13.7. The van der Waals surface area contributed by atoms with E-state index in [1.54, 1.807) is 6.08 Å². The van der Waals surface area contributed by atoms with E-state index in [4.69, 9.17) is 35.4 Å². The second kappa shape index (κ2) is 31.0. The summed E-state index contributed by atoms with van der Waals surface area (Å²) in [5, 5.41) is 12.2. The Balaban J connectivity index is 0.589. The lowest BCUT2D eigenvalue weighted by Crippen LogP contribution is -2.33. The topological polar surface area (TPSA) is 87.8 Å². The van der Waals surface area contributed by atoms with Crippen molar-refractivity contribution in [2.24, 2.45) is 20.0 Å². The monoisotopic (exact) mass is 1530 g/mol. The van der Waals surface area contributed by atoms with E-state index in [9.17, 15) is 0 Å². The van der Waals surface area contributed by atoms with Gasteiger partial charge in [-0.3, -0.25) is 0 Å². The lowest BCUT2D eigenvalue weighted by molar-refractivity contribution is 0.668. The van der Waals surface area contributed by atoms with Gasteiger partial charge in [-0.05, 0) is 176 Å². The molecule has 7 nitrogen and oxygen atoms in total. The number of nitrogens with zero attached hydrogens (tertiary/aromatic N) is 4. The van der Waals surface area contributed by atoms with Crippen LogP contribution in [-0.4, -0.2) is 23.2 Å². The molecule has 1 N–H and O–H groups in total. The van der Waals surface area contributed by atoms with Crippen molar-refractivity contribution >= 4 is 94.3 Å². The summed E-state index contributed by atoms with van der Waals surface area (Å²) in [5.74, 6) is 1.84. The molecule has 1 unspecified atom stereocenters. The van der Waals surface area contributed by atoms with Crippen LogP contribution in [0.1, 0.15) is 39.5 Å². The van der Waals surface area contributed by atoms with Crippen LogP contribution in [0.15, 0.2) is 461 Å². The molecule has 21 rings (SSSR count). The number of hydrogen-bond donors (Lipinski definition) is 1. The zero-order valence-corrected chi connectivity index (χ0v) is 65.4. The van der Waals surface area contributed by atoms with Crippen LogP contribution in [0.2, 0.25) is 0 Å². The van der Waals surface area contributed by atoms with E-state index in [2.05, 4.69) is 382 Å². The minimum Gasteiger partial charge on any atom is -0.456 e. The van der Waals surface area contributed by atoms with E-state index in [0.29, 0.717) is 23.1 Å². The van der Waals surface area contributed by atoms with Crippen LogP contribution in [0.4, 0.5) is 0 Å². The Morgan fingerprint density at radius 1 is 0.317 bits per heavy atom. The smallest absolute Gasteiger partial charge is 0.160 e. The number of furan rings is 2. The normalized spacial score (nSPS) is 13.1. The van der Waals surface area contributed by atoms with Crippen LogP contribution >= 0.6 is 0 Å². The maximum absolute atomic E-state index is 7.01. The highest BCUT2D eigenvalue weighted by Crippen LogP contribution is 2.46. The third-order valence-electron chi connectivity index (χ3n) is 23.2. The van der Waals surface area contributed by atoms with E-state index < -0.39 is 6.17 Å². The lowest BCUT2D eigenvalue weighted by atomic mass is 9.90. The summed E-state index contributed by atoms with van der Waals surface area (Å²) in [6.45, 7) is 8.98. The minimum atomic E-state index is -0.496. The predicted octanol–water partition coefficient (Wildman–Crippen LogP) is 29.4. The standard InChI is InChI=1S/C113H75N5O2/c1-3-102(83-53-45-77(46-54-83)73-23-8-4-9-24-73)115-110(84-55-47-78(48-56-84)74-25-10-5-11-26-74)114-72(2)93-65-66-99(109-106(93)100-33-16-19-40-104(100)120-109)98-38-22-36-96-94(35-21-37-97(96)98)91-32-20-31-87(70-91)82-43-41-80(42-44-82)81-51-59-86(60-52-81)112-116-111(85-57-49-79(50-58-85)75-27-12-6-13-28-75)117-113(118-112)108-95(67-68-105-107(108)101-34-17-18-39-103(101)119-105)92-64-63-89-69-88(61-62-90(89)71-92)76-29-14-7-15-30-76/h3-71,112H,1-2H2,(H,116,117,118)/b114-110-,115-102+. The maximum atomic E-state index is 7.01. The fourth-order valence-electron chi connectivity index (χ4n) is 17.1. The molecule has 0 spiro atoms. The third-order valence-corrected chi connectivity index (χ3v) is 23.2. The summed E-state index contributed by atoms with van der Waals surface area (Å²) < 4.78 is 13.7. The molecule has 1 aliphatic heterocycles. The summed E-state index contributed by atoms with van der Waals surface area (Å²) >= 11 is 0. The number of para-hydroxylation sites is 2. The maximum Gasteiger partial charge on any atom is 0.160 e. The van der Waals surface area contributed by atoms with Gasteiger partial charge >= 0.3 is 0 Å². The molecular weight excluding hydrogens is 1460 g/mol. The van der Waals surface area contributed by atoms with Gasteiger partial charge in [0.2, 0.25) is 0 Å². The van der Waals surface area contributed by atoms with Crippen molar-refractivity contribution in [1.82, 2.24) is 5.32 Å². The quantitative estimate of drug-likeness (QED) is 0.0728. The number of hydrogen-bond acceptors (Lipinski definition) is 6. The first-order chi connectivity index (χ1) is 59.3. The Morgan fingerprint density at radius 2 is 0.742 bits per heavy atom. The van der Waals surface area contributed by atoms with Gasteiger partial charge in [0.1, 0.15) is 34.3 Å². The SMILES string of the molecule is C=C/C(=N\C(=N/C(=C)c1ccc(-c2cccc3c(-c4cccc(-c5ccc(-c6ccc(C7N=C(c8c(-c9ccc%10cc(-c%11ccccc%11)ccc%10c9)ccc9oc%10ccccc%10c89)N=C(c8ccc(-c9ccccc9)cc8)N7)cc6)cc5)c4)cccc23)c2oc3ccccc3c12)c1ccc(-c2ccccc2)cc1)c1ccc(-c2ccccc2)cc1. The van der Waals surface area contributed by atoms with Crippen LogP contribution in [0.3, 0.4) is 0 Å². The molecule has 1 atom stereocenters. The molecule has 18 aromatic carbocycles. The molecule has 1 aliphatic rings. The van der Waals surface area contributed by atoms with Gasteiger partial charge in [0, 0.05) is 54.9 Å². The zero-order chi connectivity index (χ0) is 80.0. The first-order valence-electron chi connectivity index (χ1n) is 40.5. The predicted molar refractivity (Wildman–Crippen MR) is 502 cm³/mol. The average molecular weight is 1530 g/mol. The van der Waals surface area contributed by atoms with Gasteiger partial charge in [-0.15, -0.1) is 0 Å². The summed E-state index contributed by atoms with van der Waals surface area (Å²) in [4.78, 5) is 21.9. The van der Waals surface area contributed by atoms with E-state index in [-0.39, 0.29) is 0 Å². The Kier molecular flexibility index (Phi) is 18.5. The zero-order valence-electron chi connectivity index (χ0n) is 65.4. The van der Waals surface area contributed by atoms with Gasteiger partial charge in [0.05, 0.1) is 11.4 Å². The number of allylic oxidation sites excluding steroid dienone is 1. The molecule has 3 heterocycles. The number of benzene rings is 18. The van der Waals surface area contributed by atoms with E-state index in [1.165, 1.54) is 11.1 Å². The van der Waals surface area contributed by atoms with Crippen molar-refractivity contribution in [2.75, 3.05) is 0 Å². The molecular formula is C113H75N5O2. The highest BCUT2D eigenvalue weighted by Gasteiger charge is 2.28. The van der Waals surface area contributed by atoms with Gasteiger partial charge in [-0.25, -0.2) is 20.0 Å². The summed E-state index contributed by atoms with van der Waals surface area (Å²) in [6.07, 6.45) is 1.30. The largest absolute Gasteiger partial charge is 0.456 e. The highest BCUT2D eigenvalue weighted by molar-refractivity contribution is 6.26. The molecule has 0 saturated carbocycles. The number of aliphatic imine (C=N–C) groups is 4. The van der Waals surface area contributed by atoms with Gasteiger partial charge in [0.25, 0.3) is 0 Å². The van der Waals surface area contributed by atoms with Gasteiger partial charge in [-0.1, -0.05) is 377 Å². The molecule has 7 heteroatoms. The molecule has 0 bridgehead atoms. The number of rotatable bonds is 17. The number of amidine groups is 3. The fourth-order valence-corrected chi connectivity index (χ4v) is 17.1. The summed E-state index contributed by atoms with van der Waals surface area (Å²) in [7, 11) is 0.